The monoisotopic (exact) mass is 382 g/mol. The number of hydrogen-bond acceptors (Lipinski definition) is 4. The highest BCUT2D eigenvalue weighted by molar-refractivity contribution is 6.30. The van der Waals surface area contributed by atoms with Crippen molar-refractivity contribution in [3.63, 3.8) is 0 Å². The van der Waals surface area contributed by atoms with Crippen LogP contribution in [0.25, 0.3) is 11.4 Å². The lowest BCUT2D eigenvalue weighted by Gasteiger charge is -2.22. The fraction of sp³-hybridized carbons (Fsp3) is 0.250. The zero-order valence-electron chi connectivity index (χ0n) is 14.9. The molecule has 2 amide bonds. The molecule has 0 spiro atoms. The van der Waals surface area contributed by atoms with Crippen LogP contribution in [0.5, 0.6) is 0 Å². The molecule has 1 atom stereocenters. The summed E-state index contributed by atoms with van der Waals surface area (Å²) in [5.41, 5.74) is 2.69. The number of carbonyl (C=O) groups is 1. The van der Waals surface area contributed by atoms with E-state index >= 15 is 0 Å². The molecule has 1 saturated heterocycles. The Morgan fingerprint density at radius 1 is 1.26 bits per heavy atom. The normalized spacial score (nSPS) is 16.5. The summed E-state index contributed by atoms with van der Waals surface area (Å²) in [6.45, 7) is 2.64. The smallest absolute Gasteiger partial charge is 0.322 e. The van der Waals surface area contributed by atoms with Crippen molar-refractivity contribution in [2.24, 2.45) is 0 Å². The first-order chi connectivity index (χ1) is 13.1. The van der Waals surface area contributed by atoms with Gasteiger partial charge in [-0.25, -0.2) is 4.79 Å². The molecule has 0 unspecified atom stereocenters. The standard InChI is InChI=1S/C20H19ClN4O2/c1-13-4-2-5-16(12-13)22-20(26)25-11-3-6-17(25)19-23-18(24-27-19)14-7-9-15(21)10-8-14/h2,4-5,7-10,12,17H,3,6,11H2,1H3,(H,22,26)/t17-/m0/s1. The lowest BCUT2D eigenvalue weighted by molar-refractivity contribution is 0.193. The maximum Gasteiger partial charge on any atom is 0.322 e. The van der Waals surface area contributed by atoms with Crippen molar-refractivity contribution in [3.05, 3.63) is 65.0 Å². The van der Waals surface area contributed by atoms with Crippen LogP contribution in [0, 0.1) is 6.92 Å². The zero-order chi connectivity index (χ0) is 18.8. The second kappa shape index (κ2) is 7.40. The highest BCUT2D eigenvalue weighted by Gasteiger charge is 2.34. The Bertz CT molecular complexity index is 955. The maximum absolute atomic E-state index is 12.7. The Balaban J connectivity index is 1.51. The molecular formula is C20H19ClN4O2. The number of amides is 2. The number of nitrogens with zero attached hydrogens (tertiary/aromatic N) is 3. The number of urea groups is 1. The summed E-state index contributed by atoms with van der Waals surface area (Å²) in [6.07, 6.45) is 1.69. The molecule has 7 heteroatoms. The number of halogens is 1. The summed E-state index contributed by atoms with van der Waals surface area (Å²) < 4.78 is 5.47. The molecule has 1 fully saturated rings. The summed E-state index contributed by atoms with van der Waals surface area (Å²) in [5, 5.41) is 7.66. The third-order valence-electron chi connectivity index (χ3n) is 4.61. The van der Waals surface area contributed by atoms with Crippen LogP contribution < -0.4 is 5.32 Å². The number of benzene rings is 2. The van der Waals surface area contributed by atoms with Gasteiger partial charge in [-0.2, -0.15) is 4.98 Å². The number of aryl methyl sites for hydroxylation is 1. The van der Waals surface area contributed by atoms with E-state index in [2.05, 4.69) is 15.5 Å². The summed E-state index contributed by atoms with van der Waals surface area (Å²) in [5.74, 6) is 0.949. The van der Waals surface area contributed by atoms with Crippen LogP contribution in [-0.2, 0) is 0 Å². The van der Waals surface area contributed by atoms with E-state index in [1.807, 2.05) is 43.3 Å². The van der Waals surface area contributed by atoms with Gasteiger partial charge < -0.3 is 14.7 Å². The molecule has 4 rings (SSSR count). The minimum atomic E-state index is -0.219. The first kappa shape index (κ1) is 17.5. The van der Waals surface area contributed by atoms with Crippen LogP contribution in [0.1, 0.15) is 30.3 Å². The quantitative estimate of drug-likeness (QED) is 0.686. The van der Waals surface area contributed by atoms with Crippen molar-refractivity contribution in [3.8, 4) is 11.4 Å². The first-order valence-corrected chi connectivity index (χ1v) is 9.22. The van der Waals surface area contributed by atoms with Gasteiger partial charge in [0.15, 0.2) is 0 Å². The lowest BCUT2D eigenvalue weighted by atomic mass is 10.2. The number of anilines is 1. The van der Waals surface area contributed by atoms with Crippen molar-refractivity contribution >= 4 is 23.3 Å². The number of likely N-dealkylation sites (tertiary alicyclic amines) is 1. The molecule has 138 valence electrons. The summed E-state index contributed by atoms with van der Waals surface area (Å²) in [6, 6.07) is 14.6. The molecule has 0 aliphatic carbocycles. The molecule has 6 nitrogen and oxygen atoms in total. The predicted octanol–water partition coefficient (Wildman–Crippen LogP) is 5.07. The number of carbonyl (C=O) groups excluding carboxylic acids is 1. The van der Waals surface area contributed by atoms with Crippen molar-refractivity contribution < 1.29 is 9.32 Å². The molecule has 0 saturated carbocycles. The number of rotatable bonds is 3. The van der Waals surface area contributed by atoms with Gasteiger partial charge in [0.05, 0.1) is 0 Å². The van der Waals surface area contributed by atoms with E-state index in [1.165, 1.54) is 0 Å². The minimum absolute atomic E-state index is 0.158. The SMILES string of the molecule is Cc1cccc(NC(=O)N2CCC[C@H]2c2nc(-c3ccc(Cl)cc3)no2)c1. The van der Waals surface area contributed by atoms with Crippen molar-refractivity contribution in [1.82, 2.24) is 15.0 Å². The first-order valence-electron chi connectivity index (χ1n) is 8.84. The molecule has 1 N–H and O–H groups in total. The molecule has 2 heterocycles. The molecule has 1 aliphatic rings. The van der Waals surface area contributed by atoms with E-state index in [-0.39, 0.29) is 12.1 Å². The third-order valence-corrected chi connectivity index (χ3v) is 4.86. The second-order valence-corrected chi connectivity index (χ2v) is 7.05. The van der Waals surface area contributed by atoms with E-state index in [0.717, 1.165) is 29.7 Å². The van der Waals surface area contributed by atoms with Gasteiger partial charge in [-0.05, 0) is 61.7 Å². The van der Waals surface area contributed by atoms with Crippen LogP contribution in [0.15, 0.2) is 53.1 Å². The van der Waals surface area contributed by atoms with Gasteiger partial charge >= 0.3 is 6.03 Å². The number of hydrogen-bond donors (Lipinski definition) is 1. The fourth-order valence-corrected chi connectivity index (χ4v) is 3.40. The fourth-order valence-electron chi connectivity index (χ4n) is 3.27. The second-order valence-electron chi connectivity index (χ2n) is 6.61. The highest BCUT2D eigenvalue weighted by Crippen LogP contribution is 2.32. The molecule has 3 aromatic rings. The average molecular weight is 383 g/mol. The van der Waals surface area contributed by atoms with Gasteiger partial charge in [0.2, 0.25) is 11.7 Å². The molecule has 2 aromatic carbocycles. The Morgan fingerprint density at radius 3 is 2.85 bits per heavy atom. The predicted molar refractivity (Wildman–Crippen MR) is 104 cm³/mol. The Kier molecular flexibility index (Phi) is 4.81. The Labute approximate surface area is 162 Å². The van der Waals surface area contributed by atoms with E-state index < -0.39 is 0 Å². The van der Waals surface area contributed by atoms with Crippen LogP contribution in [0.3, 0.4) is 0 Å². The van der Waals surface area contributed by atoms with E-state index in [1.54, 1.807) is 17.0 Å². The molecule has 0 radical (unpaired) electrons. The van der Waals surface area contributed by atoms with Crippen LogP contribution in [0.2, 0.25) is 5.02 Å². The minimum Gasteiger partial charge on any atom is -0.337 e. The topological polar surface area (TPSA) is 71.3 Å². The number of aromatic nitrogens is 2. The van der Waals surface area contributed by atoms with E-state index in [0.29, 0.717) is 23.3 Å². The number of nitrogens with one attached hydrogen (secondary N) is 1. The van der Waals surface area contributed by atoms with Crippen molar-refractivity contribution in [2.45, 2.75) is 25.8 Å². The van der Waals surface area contributed by atoms with Crippen LogP contribution >= 0.6 is 11.6 Å². The lowest BCUT2D eigenvalue weighted by Crippen LogP contribution is -2.34. The third kappa shape index (κ3) is 3.80. The molecule has 1 aliphatic heterocycles. The molecular weight excluding hydrogens is 364 g/mol. The zero-order valence-corrected chi connectivity index (χ0v) is 15.6. The molecule has 27 heavy (non-hydrogen) atoms. The van der Waals surface area contributed by atoms with E-state index in [9.17, 15) is 4.79 Å². The Hall–Kier alpha value is -2.86. The molecule has 0 bridgehead atoms. The highest BCUT2D eigenvalue weighted by atomic mass is 35.5. The molecule has 1 aromatic heterocycles. The van der Waals surface area contributed by atoms with Crippen LogP contribution in [-0.4, -0.2) is 27.6 Å². The van der Waals surface area contributed by atoms with Gasteiger partial charge in [-0.15, -0.1) is 0 Å². The van der Waals surface area contributed by atoms with Gasteiger partial charge in [-0.1, -0.05) is 28.9 Å². The summed E-state index contributed by atoms with van der Waals surface area (Å²) in [4.78, 5) is 19.0. The maximum atomic E-state index is 12.7. The summed E-state index contributed by atoms with van der Waals surface area (Å²) >= 11 is 5.92. The van der Waals surface area contributed by atoms with Crippen molar-refractivity contribution in [1.29, 1.82) is 0 Å². The van der Waals surface area contributed by atoms with Gasteiger partial charge in [-0.3, -0.25) is 0 Å². The Morgan fingerprint density at radius 2 is 2.07 bits per heavy atom. The van der Waals surface area contributed by atoms with Gasteiger partial charge in [0, 0.05) is 22.8 Å². The van der Waals surface area contributed by atoms with Gasteiger partial charge in [0.1, 0.15) is 6.04 Å². The van der Waals surface area contributed by atoms with Crippen molar-refractivity contribution in [2.75, 3.05) is 11.9 Å². The van der Waals surface area contributed by atoms with Gasteiger partial charge in [0.25, 0.3) is 0 Å². The van der Waals surface area contributed by atoms with Crippen LogP contribution in [0.4, 0.5) is 10.5 Å². The largest absolute Gasteiger partial charge is 0.337 e. The van der Waals surface area contributed by atoms with E-state index in [4.69, 9.17) is 16.1 Å². The summed E-state index contributed by atoms with van der Waals surface area (Å²) in [7, 11) is 0. The average Bonchev–Trinajstić information content (AvgIpc) is 3.31.